The minimum Gasteiger partial charge on any atom is -0.362 e. The number of benzene rings is 1. The molecule has 1 amide bonds. The molecule has 1 aliphatic heterocycles. The monoisotopic (exact) mass is 238 g/mol. The van der Waals surface area contributed by atoms with E-state index in [0.717, 1.165) is 12.1 Å². The maximum absolute atomic E-state index is 12.1. The van der Waals surface area contributed by atoms with Crippen LogP contribution in [0.3, 0.4) is 0 Å². The fourth-order valence-corrected chi connectivity index (χ4v) is 2.08. The van der Waals surface area contributed by atoms with Gasteiger partial charge in [0, 0.05) is 12.1 Å². The maximum atomic E-state index is 12.1. The van der Waals surface area contributed by atoms with Crippen molar-refractivity contribution in [2.45, 2.75) is 25.9 Å². The molecule has 0 saturated heterocycles. The number of rotatable bonds is 1. The van der Waals surface area contributed by atoms with E-state index in [9.17, 15) is 4.79 Å². The molecule has 0 bridgehead atoms. The highest BCUT2D eigenvalue weighted by molar-refractivity contribution is 6.31. The van der Waals surface area contributed by atoms with Crippen LogP contribution in [-0.4, -0.2) is 23.5 Å². The van der Waals surface area contributed by atoms with Gasteiger partial charge in [-0.2, -0.15) is 0 Å². The summed E-state index contributed by atoms with van der Waals surface area (Å²) in [4.78, 5) is 13.9. The average Bonchev–Trinajstić information content (AvgIpc) is 2.26. The van der Waals surface area contributed by atoms with Gasteiger partial charge in [-0.1, -0.05) is 18.5 Å². The smallest absolute Gasteiger partial charge is 0.257 e. The summed E-state index contributed by atoms with van der Waals surface area (Å²) in [5, 5.41) is 4.01. The molecular weight excluding hydrogens is 224 g/mol. The molecule has 0 aromatic heterocycles. The van der Waals surface area contributed by atoms with Crippen LogP contribution in [0.15, 0.2) is 18.2 Å². The van der Waals surface area contributed by atoms with Crippen molar-refractivity contribution in [2.75, 3.05) is 12.4 Å². The molecule has 0 aliphatic carbocycles. The summed E-state index contributed by atoms with van der Waals surface area (Å²) in [6, 6.07) is 5.30. The van der Waals surface area contributed by atoms with E-state index in [1.54, 1.807) is 23.1 Å². The highest BCUT2D eigenvalue weighted by Gasteiger charge is 2.37. The van der Waals surface area contributed by atoms with Gasteiger partial charge in [0.15, 0.2) is 0 Å². The Kier molecular flexibility index (Phi) is 2.58. The number of halogens is 1. The van der Waals surface area contributed by atoms with Gasteiger partial charge in [0.1, 0.15) is 5.66 Å². The molecule has 0 unspecified atom stereocenters. The zero-order valence-corrected chi connectivity index (χ0v) is 10.4. The first-order valence-corrected chi connectivity index (χ1v) is 5.71. The van der Waals surface area contributed by atoms with Crippen LogP contribution in [0.5, 0.6) is 0 Å². The summed E-state index contributed by atoms with van der Waals surface area (Å²) in [5.41, 5.74) is 1.16. The molecule has 16 heavy (non-hydrogen) atoms. The van der Waals surface area contributed by atoms with Crippen molar-refractivity contribution in [3.05, 3.63) is 28.8 Å². The van der Waals surface area contributed by atoms with Gasteiger partial charge in [0.2, 0.25) is 0 Å². The summed E-state index contributed by atoms with van der Waals surface area (Å²) in [6.07, 6.45) is 0.835. The van der Waals surface area contributed by atoms with Crippen molar-refractivity contribution in [1.82, 2.24) is 4.90 Å². The fourth-order valence-electron chi connectivity index (χ4n) is 1.91. The number of anilines is 1. The Bertz CT molecular complexity index is 447. The molecule has 3 nitrogen and oxygen atoms in total. The molecule has 2 rings (SSSR count). The Labute approximate surface area is 100 Å². The van der Waals surface area contributed by atoms with Crippen LogP contribution < -0.4 is 5.32 Å². The lowest BCUT2D eigenvalue weighted by Gasteiger charge is -2.44. The number of carbonyl (C=O) groups excluding carboxylic acids is 1. The second kappa shape index (κ2) is 3.67. The largest absolute Gasteiger partial charge is 0.362 e. The first-order valence-electron chi connectivity index (χ1n) is 5.34. The predicted octanol–water partition coefficient (Wildman–Crippen LogP) is 2.96. The van der Waals surface area contributed by atoms with Crippen LogP contribution in [0.4, 0.5) is 5.69 Å². The molecule has 4 heteroatoms. The van der Waals surface area contributed by atoms with E-state index in [1.165, 1.54) is 0 Å². The van der Waals surface area contributed by atoms with Crippen LogP contribution in [0, 0.1) is 0 Å². The first kappa shape index (κ1) is 11.3. The zero-order chi connectivity index (χ0) is 11.9. The lowest BCUT2D eigenvalue weighted by molar-refractivity contribution is 0.0614. The summed E-state index contributed by atoms with van der Waals surface area (Å²) < 4.78 is 0. The molecule has 1 heterocycles. The third-order valence-electron chi connectivity index (χ3n) is 3.35. The molecule has 1 N–H and O–H groups in total. The number of fused-ring (bicyclic) bond motifs is 1. The van der Waals surface area contributed by atoms with E-state index < -0.39 is 0 Å². The lowest BCUT2D eigenvalue weighted by Crippen LogP contribution is -2.55. The van der Waals surface area contributed by atoms with Gasteiger partial charge in [-0.05, 0) is 31.5 Å². The van der Waals surface area contributed by atoms with Gasteiger partial charge in [0.25, 0.3) is 5.91 Å². The van der Waals surface area contributed by atoms with Crippen LogP contribution in [0.2, 0.25) is 5.02 Å². The van der Waals surface area contributed by atoms with Crippen molar-refractivity contribution in [1.29, 1.82) is 0 Å². The topological polar surface area (TPSA) is 32.3 Å². The van der Waals surface area contributed by atoms with Gasteiger partial charge in [-0.15, -0.1) is 0 Å². The quantitative estimate of drug-likeness (QED) is 0.816. The van der Waals surface area contributed by atoms with Crippen molar-refractivity contribution < 1.29 is 4.79 Å². The standard InChI is InChI=1S/C12H15ClN2O/c1-4-12(2)14-10-7-8(13)5-6-9(10)11(16)15(12)3/h5-7,14H,4H2,1-3H3/t12-/m0/s1. The minimum absolute atomic E-state index is 0.0368. The molecule has 1 atom stereocenters. The Morgan fingerprint density at radius 1 is 1.50 bits per heavy atom. The van der Waals surface area contributed by atoms with Crippen molar-refractivity contribution in [3.63, 3.8) is 0 Å². The van der Waals surface area contributed by atoms with Gasteiger partial charge >= 0.3 is 0 Å². The van der Waals surface area contributed by atoms with Crippen LogP contribution in [0.1, 0.15) is 30.6 Å². The SMILES string of the molecule is CC[C@@]1(C)Nc2cc(Cl)ccc2C(=O)N1C. The Balaban J connectivity index is 2.53. The number of amides is 1. The van der Waals surface area contributed by atoms with Crippen LogP contribution in [-0.2, 0) is 0 Å². The van der Waals surface area contributed by atoms with Gasteiger partial charge < -0.3 is 10.2 Å². The number of nitrogens with one attached hydrogen (secondary N) is 1. The molecule has 1 aromatic carbocycles. The van der Waals surface area contributed by atoms with E-state index in [0.29, 0.717) is 10.6 Å². The summed E-state index contributed by atoms with van der Waals surface area (Å²) in [5.74, 6) is 0.0368. The summed E-state index contributed by atoms with van der Waals surface area (Å²) in [6.45, 7) is 4.06. The van der Waals surface area contributed by atoms with E-state index in [-0.39, 0.29) is 11.6 Å². The summed E-state index contributed by atoms with van der Waals surface area (Å²) in [7, 11) is 1.82. The molecule has 86 valence electrons. The molecular formula is C12H15ClN2O. The molecule has 0 saturated carbocycles. The molecule has 1 aliphatic rings. The van der Waals surface area contributed by atoms with Gasteiger partial charge in [-0.3, -0.25) is 4.79 Å². The Morgan fingerprint density at radius 2 is 2.19 bits per heavy atom. The Morgan fingerprint density at radius 3 is 2.81 bits per heavy atom. The van der Waals surface area contributed by atoms with Crippen molar-refractivity contribution in [3.8, 4) is 0 Å². The van der Waals surface area contributed by atoms with E-state index in [1.807, 2.05) is 20.9 Å². The highest BCUT2D eigenvalue weighted by Crippen LogP contribution is 2.33. The molecule has 1 aromatic rings. The fraction of sp³-hybridized carbons (Fsp3) is 0.417. The molecule has 0 radical (unpaired) electrons. The van der Waals surface area contributed by atoms with E-state index >= 15 is 0 Å². The Hall–Kier alpha value is -1.22. The number of carbonyl (C=O) groups is 1. The second-order valence-electron chi connectivity index (χ2n) is 4.31. The van der Waals surface area contributed by atoms with Gasteiger partial charge in [0.05, 0.1) is 11.3 Å². The third-order valence-corrected chi connectivity index (χ3v) is 3.58. The summed E-state index contributed by atoms with van der Waals surface area (Å²) >= 11 is 5.93. The molecule has 0 spiro atoms. The average molecular weight is 239 g/mol. The van der Waals surface area contributed by atoms with Crippen LogP contribution in [0.25, 0.3) is 0 Å². The lowest BCUT2D eigenvalue weighted by atomic mass is 9.99. The third kappa shape index (κ3) is 1.55. The zero-order valence-electron chi connectivity index (χ0n) is 9.67. The number of hydrogen-bond acceptors (Lipinski definition) is 2. The van der Waals surface area contributed by atoms with Gasteiger partial charge in [-0.25, -0.2) is 0 Å². The second-order valence-corrected chi connectivity index (χ2v) is 4.74. The minimum atomic E-state index is -0.339. The first-order chi connectivity index (χ1) is 7.48. The number of hydrogen-bond donors (Lipinski definition) is 1. The highest BCUT2D eigenvalue weighted by atomic mass is 35.5. The maximum Gasteiger partial charge on any atom is 0.257 e. The van der Waals surface area contributed by atoms with E-state index in [2.05, 4.69) is 5.32 Å². The van der Waals surface area contributed by atoms with E-state index in [4.69, 9.17) is 11.6 Å². The predicted molar refractivity (Wildman–Crippen MR) is 65.9 cm³/mol. The van der Waals surface area contributed by atoms with Crippen molar-refractivity contribution in [2.24, 2.45) is 0 Å². The normalized spacial score (nSPS) is 24.0. The number of nitrogens with zero attached hydrogens (tertiary/aromatic N) is 1. The molecule has 0 fully saturated rings. The van der Waals surface area contributed by atoms with Crippen LogP contribution >= 0.6 is 11.6 Å². The van der Waals surface area contributed by atoms with Crippen molar-refractivity contribution >= 4 is 23.2 Å².